The van der Waals surface area contributed by atoms with Crippen molar-refractivity contribution >= 4 is 17.7 Å². The highest BCUT2D eigenvalue weighted by Crippen LogP contribution is 2.58. The number of fused-ring (bicyclic) bond motifs is 1. The Morgan fingerprint density at radius 1 is 1.21 bits per heavy atom. The molecule has 6 atom stereocenters. The minimum absolute atomic E-state index is 0.179. The Morgan fingerprint density at radius 2 is 1.94 bits per heavy atom. The van der Waals surface area contributed by atoms with Crippen LogP contribution in [-0.4, -0.2) is 64.7 Å². The van der Waals surface area contributed by atoms with Crippen molar-refractivity contribution in [3.8, 4) is 0 Å². The Morgan fingerprint density at radius 3 is 2.59 bits per heavy atom. The van der Waals surface area contributed by atoms with Crippen LogP contribution in [0.15, 0.2) is 30.3 Å². The average Bonchev–Trinajstić information content (AvgIpc) is 3.47. The number of amides is 3. The smallest absolute Gasteiger partial charge is 0.246 e. The molecule has 34 heavy (non-hydrogen) atoms. The Hall–Kier alpha value is -2.45. The first-order chi connectivity index (χ1) is 16.3. The first-order valence-electron chi connectivity index (χ1n) is 12.5. The zero-order valence-electron chi connectivity index (χ0n) is 20.3. The van der Waals surface area contributed by atoms with Gasteiger partial charge in [0.2, 0.25) is 17.7 Å². The average molecular weight is 472 g/mol. The van der Waals surface area contributed by atoms with Crippen LogP contribution >= 0.6 is 0 Å². The topological polar surface area (TPSA) is 108 Å². The summed E-state index contributed by atoms with van der Waals surface area (Å²) in [6, 6.07) is 8.21. The Balaban J connectivity index is 1.67. The van der Waals surface area contributed by atoms with E-state index in [0.29, 0.717) is 32.4 Å². The molecule has 1 aromatic rings. The highest BCUT2D eigenvalue weighted by Gasteiger charge is 2.75. The van der Waals surface area contributed by atoms with Crippen molar-refractivity contribution < 1.29 is 24.2 Å². The monoisotopic (exact) mass is 471 g/mol. The quantitative estimate of drug-likeness (QED) is 0.481. The highest BCUT2D eigenvalue weighted by atomic mass is 16.5. The molecule has 3 heterocycles. The van der Waals surface area contributed by atoms with Crippen molar-refractivity contribution in [3.05, 3.63) is 35.9 Å². The van der Waals surface area contributed by atoms with Crippen molar-refractivity contribution in [3.63, 3.8) is 0 Å². The molecule has 1 aromatic carbocycles. The molecule has 2 bridgehead atoms. The highest BCUT2D eigenvalue weighted by molar-refractivity contribution is 5.99. The lowest BCUT2D eigenvalue weighted by Gasteiger charge is -2.37. The van der Waals surface area contributed by atoms with Gasteiger partial charge in [-0.25, -0.2) is 0 Å². The number of aliphatic hydroxyl groups excluding tert-OH is 1. The lowest BCUT2D eigenvalue weighted by atomic mass is 9.70. The molecule has 3 aliphatic heterocycles. The van der Waals surface area contributed by atoms with Crippen LogP contribution in [-0.2, 0) is 25.7 Å². The van der Waals surface area contributed by atoms with E-state index >= 15 is 0 Å². The van der Waals surface area contributed by atoms with Crippen molar-refractivity contribution in [2.24, 2.45) is 17.8 Å². The normalized spacial score (nSPS) is 30.5. The van der Waals surface area contributed by atoms with Gasteiger partial charge in [-0.3, -0.25) is 14.4 Å². The summed E-state index contributed by atoms with van der Waals surface area (Å²) < 4.78 is 6.42. The van der Waals surface area contributed by atoms with E-state index in [2.05, 4.69) is 10.6 Å². The molecule has 3 N–H and O–H groups in total. The minimum Gasteiger partial charge on any atom is -0.394 e. The van der Waals surface area contributed by atoms with E-state index in [1.807, 2.05) is 51.1 Å². The number of carbonyl (C=O) groups is 3. The summed E-state index contributed by atoms with van der Waals surface area (Å²) in [6.45, 7) is 6.65. The maximum Gasteiger partial charge on any atom is 0.246 e. The second-order valence-electron chi connectivity index (χ2n) is 10.3. The summed E-state index contributed by atoms with van der Waals surface area (Å²) in [5, 5.41) is 16.2. The molecule has 0 aliphatic carbocycles. The molecule has 0 radical (unpaired) electrons. The van der Waals surface area contributed by atoms with Crippen LogP contribution in [0.4, 0.5) is 0 Å². The van der Waals surface area contributed by atoms with Gasteiger partial charge in [0, 0.05) is 13.1 Å². The van der Waals surface area contributed by atoms with Gasteiger partial charge in [0.05, 0.1) is 30.6 Å². The first-order valence-corrected chi connectivity index (χ1v) is 12.5. The Kier molecular flexibility index (Phi) is 7.28. The standard InChI is InChI=1S/C26H37N3O5/c1-4-12-27-23(31)20-19-10-11-26(34-19)21(20)25(33)29(18(15-30)13-16(2)3)22(26)24(32)28-14-17-8-6-5-7-9-17/h5-9,16,18-22,30H,4,10-15H2,1-3H3,(H,27,31)(H,28,32)/t18-,19-,20+,21+,22?,26?/m1/s1. The summed E-state index contributed by atoms with van der Waals surface area (Å²) in [7, 11) is 0. The van der Waals surface area contributed by atoms with E-state index in [4.69, 9.17) is 4.74 Å². The number of carbonyl (C=O) groups excluding carboxylic acids is 3. The largest absolute Gasteiger partial charge is 0.394 e. The van der Waals surface area contributed by atoms with Crippen molar-refractivity contribution in [2.75, 3.05) is 13.2 Å². The van der Waals surface area contributed by atoms with Gasteiger partial charge in [-0.05, 0) is 37.2 Å². The van der Waals surface area contributed by atoms with Crippen LogP contribution in [0.2, 0.25) is 0 Å². The molecular weight excluding hydrogens is 434 g/mol. The van der Waals surface area contributed by atoms with Crippen LogP contribution < -0.4 is 10.6 Å². The zero-order chi connectivity index (χ0) is 24.5. The van der Waals surface area contributed by atoms with Gasteiger partial charge >= 0.3 is 0 Å². The van der Waals surface area contributed by atoms with E-state index in [1.165, 1.54) is 0 Å². The van der Waals surface area contributed by atoms with Crippen molar-refractivity contribution in [1.29, 1.82) is 0 Å². The van der Waals surface area contributed by atoms with Crippen LogP contribution in [0, 0.1) is 17.8 Å². The summed E-state index contributed by atoms with van der Waals surface area (Å²) in [6.07, 6.45) is 2.17. The van der Waals surface area contributed by atoms with Crippen LogP contribution in [0.25, 0.3) is 0 Å². The second-order valence-corrected chi connectivity index (χ2v) is 10.3. The Bertz CT molecular complexity index is 907. The van der Waals surface area contributed by atoms with Gasteiger partial charge in [-0.15, -0.1) is 0 Å². The lowest BCUT2D eigenvalue weighted by molar-refractivity contribution is -0.146. The number of likely N-dealkylation sites (tertiary alicyclic amines) is 1. The van der Waals surface area contributed by atoms with E-state index in [9.17, 15) is 19.5 Å². The number of ether oxygens (including phenoxy) is 1. The van der Waals surface area contributed by atoms with E-state index in [1.54, 1.807) is 4.90 Å². The van der Waals surface area contributed by atoms with Gasteiger partial charge in [0.15, 0.2) is 0 Å². The van der Waals surface area contributed by atoms with Crippen LogP contribution in [0.1, 0.15) is 52.0 Å². The molecule has 186 valence electrons. The molecule has 8 heteroatoms. The molecule has 1 spiro atoms. The van der Waals surface area contributed by atoms with Crippen molar-refractivity contribution in [2.45, 2.75) is 76.8 Å². The fourth-order valence-electron chi connectivity index (χ4n) is 6.15. The third kappa shape index (κ3) is 4.22. The molecule has 3 aliphatic rings. The second kappa shape index (κ2) is 10.0. The first kappa shape index (κ1) is 24.7. The molecule has 0 aromatic heterocycles. The number of rotatable bonds is 10. The molecular formula is C26H37N3O5. The third-order valence-electron chi connectivity index (χ3n) is 7.50. The van der Waals surface area contributed by atoms with Gasteiger partial charge in [0.25, 0.3) is 0 Å². The van der Waals surface area contributed by atoms with Crippen LogP contribution in [0.5, 0.6) is 0 Å². The maximum absolute atomic E-state index is 13.9. The van der Waals surface area contributed by atoms with Gasteiger partial charge in [0.1, 0.15) is 11.6 Å². The molecule has 3 fully saturated rings. The summed E-state index contributed by atoms with van der Waals surface area (Å²) in [5.74, 6) is -1.83. The van der Waals surface area contributed by atoms with E-state index in [-0.39, 0.29) is 36.4 Å². The number of hydrogen-bond donors (Lipinski definition) is 3. The summed E-state index contributed by atoms with van der Waals surface area (Å²) in [5.41, 5.74) is -0.0867. The molecule has 2 unspecified atom stereocenters. The molecule has 3 amide bonds. The number of hydrogen-bond acceptors (Lipinski definition) is 5. The minimum atomic E-state index is -1.04. The predicted octanol–water partition coefficient (Wildman–Crippen LogP) is 1.61. The number of nitrogens with one attached hydrogen (secondary N) is 2. The summed E-state index contributed by atoms with van der Waals surface area (Å²) >= 11 is 0. The summed E-state index contributed by atoms with van der Waals surface area (Å²) in [4.78, 5) is 42.2. The fourth-order valence-corrected chi connectivity index (χ4v) is 6.15. The van der Waals surface area contributed by atoms with E-state index in [0.717, 1.165) is 12.0 Å². The third-order valence-corrected chi connectivity index (χ3v) is 7.50. The fraction of sp³-hybridized carbons (Fsp3) is 0.654. The molecule has 4 rings (SSSR count). The van der Waals surface area contributed by atoms with Gasteiger partial charge in [-0.2, -0.15) is 0 Å². The molecule has 0 saturated carbocycles. The maximum atomic E-state index is 13.9. The predicted molar refractivity (Wildman–Crippen MR) is 126 cm³/mol. The molecule has 8 nitrogen and oxygen atoms in total. The molecule has 3 saturated heterocycles. The van der Waals surface area contributed by atoms with Crippen molar-refractivity contribution in [1.82, 2.24) is 15.5 Å². The number of nitrogens with zero attached hydrogens (tertiary/aromatic N) is 1. The number of aliphatic hydroxyl groups is 1. The van der Waals surface area contributed by atoms with E-state index < -0.39 is 29.5 Å². The Labute approximate surface area is 201 Å². The van der Waals surface area contributed by atoms with Gasteiger partial charge < -0.3 is 25.4 Å². The van der Waals surface area contributed by atoms with Crippen LogP contribution in [0.3, 0.4) is 0 Å². The zero-order valence-corrected chi connectivity index (χ0v) is 20.3. The lowest BCUT2D eigenvalue weighted by Crippen LogP contribution is -2.58. The SMILES string of the molecule is CCCNC(=O)[C@@H]1[C@H]2C(=O)N([C@@H](CO)CC(C)C)C(C(=O)NCc3ccccc3)C23CC[C@H]1O3. The number of benzene rings is 1. The van der Waals surface area contributed by atoms with Gasteiger partial charge in [-0.1, -0.05) is 51.1 Å².